The molecule has 1 amide bonds. The Hall–Kier alpha value is -1.57. The first-order chi connectivity index (χ1) is 10.1. The van der Waals surface area contributed by atoms with E-state index in [1.54, 1.807) is 11.8 Å². The van der Waals surface area contributed by atoms with Crippen LogP contribution in [0.5, 0.6) is 0 Å². The molecule has 1 aromatic heterocycles. The molecule has 1 aromatic rings. The van der Waals surface area contributed by atoms with Crippen LogP contribution >= 0.6 is 0 Å². The SMILES string of the molecule is Cc1cc(C(F)(F)F)nn1[C@@H](C)C(=O)N1C[C@@H](C)O[C@@H](C)C1. The highest BCUT2D eigenvalue weighted by Gasteiger charge is 2.36. The maximum atomic E-state index is 12.7. The first-order valence-corrected chi connectivity index (χ1v) is 7.17. The number of aromatic nitrogens is 2. The summed E-state index contributed by atoms with van der Waals surface area (Å²) in [7, 11) is 0. The van der Waals surface area contributed by atoms with Gasteiger partial charge in [-0.2, -0.15) is 18.3 Å². The fraction of sp³-hybridized carbons (Fsp3) is 0.714. The third-order valence-corrected chi connectivity index (χ3v) is 3.67. The lowest BCUT2D eigenvalue weighted by atomic mass is 10.2. The summed E-state index contributed by atoms with van der Waals surface area (Å²) in [6.45, 7) is 7.66. The summed E-state index contributed by atoms with van der Waals surface area (Å²) in [5.74, 6) is -0.248. The predicted molar refractivity (Wildman–Crippen MR) is 73.3 cm³/mol. The molecule has 0 unspecified atom stereocenters. The average Bonchev–Trinajstić information content (AvgIpc) is 2.78. The second kappa shape index (κ2) is 5.91. The summed E-state index contributed by atoms with van der Waals surface area (Å²) in [6.07, 6.45) is -4.70. The highest BCUT2D eigenvalue weighted by molar-refractivity contribution is 5.80. The van der Waals surface area contributed by atoms with Crippen molar-refractivity contribution in [3.05, 3.63) is 17.5 Å². The molecule has 0 aliphatic carbocycles. The molecule has 0 saturated carbocycles. The molecule has 0 aromatic carbocycles. The number of carbonyl (C=O) groups is 1. The first-order valence-electron chi connectivity index (χ1n) is 7.17. The van der Waals surface area contributed by atoms with Crippen LogP contribution in [-0.4, -0.2) is 45.9 Å². The van der Waals surface area contributed by atoms with Gasteiger partial charge < -0.3 is 9.64 Å². The van der Waals surface area contributed by atoms with Crippen molar-refractivity contribution in [3.8, 4) is 0 Å². The minimum Gasteiger partial charge on any atom is -0.372 e. The van der Waals surface area contributed by atoms with Crippen molar-refractivity contribution in [1.29, 1.82) is 0 Å². The standard InChI is InChI=1S/C14H20F3N3O2/c1-8-5-12(14(15,16)17)18-20(8)11(4)13(21)19-6-9(2)22-10(3)7-19/h5,9-11H,6-7H2,1-4H3/t9-,10+,11-/m0/s1. The molecule has 1 aliphatic heterocycles. The van der Waals surface area contributed by atoms with Gasteiger partial charge in [-0.1, -0.05) is 0 Å². The fourth-order valence-electron chi connectivity index (χ4n) is 2.75. The van der Waals surface area contributed by atoms with Gasteiger partial charge in [-0.3, -0.25) is 9.48 Å². The number of aryl methyl sites for hydroxylation is 1. The fourth-order valence-corrected chi connectivity index (χ4v) is 2.75. The van der Waals surface area contributed by atoms with Crippen LogP contribution < -0.4 is 0 Å². The zero-order chi connectivity index (χ0) is 16.7. The van der Waals surface area contributed by atoms with Crippen LogP contribution in [0.1, 0.15) is 38.2 Å². The van der Waals surface area contributed by atoms with Crippen LogP contribution in [0.15, 0.2) is 6.07 Å². The molecule has 0 N–H and O–H groups in total. The monoisotopic (exact) mass is 319 g/mol. The normalized spacial score (nSPS) is 24.4. The van der Waals surface area contributed by atoms with Gasteiger partial charge in [0.2, 0.25) is 5.91 Å². The van der Waals surface area contributed by atoms with E-state index in [1.807, 2.05) is 13.8 Å². The summed E-state index contributed by atoms with van der Waals surface area (Å²) in [6, 6.07) is 0.169. The van der Waals surface area contributed by atoms with Gasteiger partial charge in [-0.15, -0.1) is 0 Å². The Balaban J connectivity index is 2.19. The van der Waals surface area contributed by atoms with Crippen LogP contribution in [0, 0.1) is 6.92 Å². The number of halogens is 3. The Morgan fingerprint density at radius 2 is 1.91 bits per heavy atom. The molecule has 5 nitrogen and oxygen atoms in total. The summed E-state index contributed by atoms with van der Waals surface area (Å²) < 4.78 is 44.8. The van der Waals surface area contributed by atoms with E-state index >= 15 is 0 Å². The van der Waals surface area contributed by atoms with Crippen LogP contribution in [0.3, 0.4) is 0 Å². The van der Waals surface area contributed by atoms with E-state index in [0.29, 0.717) is 18.8 Å². The van der Waals surface area contributed by atoms with Gasteiger partial charge in [0.1, 0.15) is 6.04 Å². The summed E-state index contributed by atoms with van der Waals surface area (Å²) >= 11 is 0. The summed E-state index contributed by atoms with van der Waals surface area (Å²) in [4.78, 5) is 14.2. The largest absolute Gasteiger partial charge is 0.435 e. The average molecular weight is 319 g/mol. The number of carbonyl (C=O) groups excluding carboxylic acids is 1. The Bertz CT molecular complexity index is 546. The number of amides is 1. The van der Waals surface area contributed by atoms with Gasteiger partial charge in [0, 0.05) is 18.8 Å². The minimum atomic E-state index is -4.51. The highest BCUT2D eigenvalue weighted by Crippen LogP contribution is 2.29. The number of ether oxygens (including phenoxy) is 1. The molecule has 2 rings (SSSR count). The lowest BCUT2D eigenvalue weighted by Crippen LogP contribution is -2.50. The molecule has 1 aliphatic rings. The molecule has 124 valence electrons. The van der Waals surface area contributed by atoms with E-state index in [2.05, 4.69) is 5.10 Å². The van der Waals surface area contributed by atoms with Crippen LogP contribution in [0.4, 0.5) is 13.2 Å². The maximum absolute atomic E-state index is 12.7. The number of rotatable bonds is 2. The Morgan fingerprint density at radius 1 is 1.36 bits per heavy atom. The van der Waals surface area contributed by atoms with Gasteiger partial charge >= 0.3 is 6.18 Å². The highest BCUT2D eigenvalue weighted by atomic mass is 19.4. The zero-order valence-electron chi connectivity index (χ0n) is 13.0. The molecule has 0 spiro atoms. The van der Waals surface area contributed by atoms with Crippen LogP contribution in [0.25, 0.3) is 0 Å². The van der Waals surface area contributed by atoms with Crippen LogP contribution in [-0.2, 0) is 15.7 Å². The number of alkyl halides is 3. The maximum Gasteiger partial charge on any atom is 0.435 e. The van der Waals surface area contributed by atoms with Gasteiger partial charge in [0.05, 0.1) is 12.2 Å². The second-order valence-corrected chi connectivity index (χ2v) is 5.79. The number of morpholine rings is 1. The lowest BCUT2D eigenvalue weighted by Gasteiger charge is -2.36. The molecule has 0 bridgehead atoms. The van der Waals surface area contributed by atoms with Crippen molar-refractivity contribution in [2.75, 3.05) is 13.1 Å². The van der Waals surface area contributed by atoms with Crippen molar-refractivity contribution in [2.24, 2.45) is 0 Å². The molecule has 1 saturated heterocycles. The van der Waals surface area contributed by atoms with E-state index in [-0.39, 0.29) is 18.1 Å². The smallest absolute Gasteiger partial charge is 0.372 e. The number of hydrogen-bond acceptors (Lipinski definition) is 3. The van der Waals surface area contributed by atoms with Crippen molar-refractivity contribution < 1.29 is 22.7 Å². The summed E-state index contributed by atoms with van der Waals surface area (Å²) in [5, 5.41) is 3.55. The Kier molecular flexibility index (Phi) is 4.51. The third-order valence-electron chi connectivity index (χ3n) is 3.67. The van der Waals surface area contributed by atoms with Gasteiger partial charge in [0.25, 0.3) is 0 Å². The molecule has 8 heteroatoms. The molecule has 0 radical (unpaired) electrons. The molecule has 1 fully saturated rings. The van der Waals surface area contributed by atoms with E-state index < -0.39 is 17.9 Å². The van der Waals surface area contributed by atoms with E-state index in [0.717, 1.165) is 10.7 Å². The van der Waals surface area contributed by atoms with Gasteiger partial charge in [0.15, 0.2) is 5.69 Å². The van der Waals surface area contributed by atoms with Crippen molar-refractivity contribution in [1.82, 2.24) is 14.7 Å². The van der Waals surface area contributed by atoms with Crippen LogP contribution in [0.2, 0.25) is 0 Å². The zero-order valence-corrected chi connectivity index (χ0v) is 13.0. The van der Waals surface area contributed by atoms with Crippen molar-refractivity contribution in [2.45, 2.75) is 52.1 Å². The van der Waals surface area contributed by atoms with E-state index in [9.17, 15) is 18.0 Å². The van der Waals surface area contributed by atoms with Crippen molar-refractivity contribution >= 4 is 5.91 Å². The van der Waals surface area contributed by atoms with Gasteiger partial charge in [-0.05, 0) is 33.8 Å². The topological polar surface area (TPSA) is 47.4 Å². The van der Waals surface area contributed by atoms with Gasteiger partial charge in [-0.25, -0.2) is 0 Å². The molecule has 22 heavy (non-hydrogen) atoms. The predicted octanol–water partition coefficient (Wildman–Crippen LogP) is 2.41. The van der Waals surface area contributed by atoms with E-state index in [4.69, 9.17) is 4.74 Å². The molecular formula is C14H20F3N3O2. The lowest BCUT2D eigenvalue weighted by molar-refractivity contribution is -0.147. The Labute approximate surface area is 127 Å². The third kappa shape index (κ3) is 3.43. The number of nitrogens with zero attached hydrogens (tertiary/aromatic N) is 3. The molecule has 3 atom stereocenters. The molecular weight excluding hydrogens is 299 g/mol. The first kappa shape index (κ1) is 16.8. The summed E-state index contributed by atoms with van der Waals surface area (Å²) in [5.41, 5.74) is -0.670. The number of hydrogen-bond donors (Lipinski definition) is 0. The minimum absolute atomic E-state index is 0.0932. The Morgan fingerprint density at radius 3 is 2.36 bits per heavy atom. The quantitative estimate of drug-likeness (QED) is 0.841. The van der Waals surface area contributed by atoms with Crippen molar-refractivity contribution in [3.63, 3.8) is 0 Å². The second-order valence-electron chi connectivity index (χ2n) is 5.79. The molecule has 2 heterocycles. The van der Waals surface area contributed by atoms with E-state index in [1.165, 1.54) is 6.92 Å².